The van der Waals surface area contributed by atoms with E-state index in [9.17, 15) is 18.3 Å². The van der Waals surface area contributed by atoms with Gasteiger partial charge in [0, 0.05) is 19.1 Å². The average Bonchev–Trinajstić information content (AvgIpc) is 2.86. The molecule has 0 spiro atoms. The third kappa shape index (κ3) is 3.15. The van der Waals surface area contributed by atoms with Crippen molar-refractivity contribution in [3.05, 3.63) is 0 Å². The summed E-state index contributed by atoms with van der Waals surface area (Å²) in [7, 11) is -3.71. The first kappa shape index (κ1) is 17.2. The molecule has 132 valence electrons. The lowest BCUT2D eigenvalue weighted by Gasteiger charge is -2.40. The predicted molar refractivity (Wildman–Crippen MR) is 87.1 cm³/mol. The molecule has 3 rings (SSSR count). The SMILES string of the molecule is CC1CC(C)CN(S(=O)(=O)N2C(C(=O)O)CC3CCCCC32)C1. The van der Waals surface area contributed by atoms with Crippen molar-refractivity contribution in [2.75, 3.05) is 13.1 Å². The molecular weight excluding hydrogens is 316 g/mol. The van der Waals surface area contributed by atoms with E-state index in [0.717, 1.165) is 32.1 Å². The van der Waals surface area contributed by atoms with Gasteiger partial charge in [-0.1, -0.05) is 26.7 Å². The second-order valence-corrected chi connectivity index (χ2v) is 9.64. The Balaban J connectivity index is 1.90. The summed E-state index contributed by atoms with van der Waals surface area (Å²) in [6.07, 6.45) is 5.32. The molecule has 0 bridgehead atoms. The number of fused-ring (bicyclic) bond motifs is 1. The van der Waals surface area contributed by atoms with E-state index in [0.29, 0.717) is 31.3 Å². The maximum atomic E-state index is 13.2. The van der Waals surface area contributed by atoms with Gasteiger partial charge in [0.15, 0.2) is 0 Å². The molecular formula is C16H28N2O4S. The van der Waals surface area contributed by atoms with Crippen molar-refractivity contribution in [1.82, 2.24) is 8.61 Å². The molecule has 1 aliphatic carbocycles. The molecule has 2 aliphatic heterocycles. The van der Waals surface area contributed by atoms with Gasteiger partial charge in [-0.25, -0.2) is 0 Å². The van der Waals surface area contributed by atoms with Gasteiger partial charge in [-0.3, -0.25) is 4.79 Å². The zero-order chi connectivity index (χ0) is 16.8. The second kappa shape index (κ2) is 6.33. The average molecular weight is 344 g/mol. The lowest BCUT2D eigenvalue weighted by Crippen LogP contribution is -2.55. The van der Waals surface area contributed by atoms with E-state index in [1.54, 1.807) is 4.31 Å². The Morgan fingerprint density at radius 3 is 2.26 bits per heavy atom. The zero-order valence-electron chi connectivity index (χ0n) is 14.0. The summed E-state index contributed by atoms with van der Waals surface area (Å²) in [5.74, 6) is -0.150. The van der Waals surface area contributed by atoms with Crippen LogP contribution in [0.25, 0.3) is 0 Å². The molecule has 0 amide bonds. The number of hydrogen-bond donors (Lipinski definition) is 1. The van der Waals surface area contributed by atoms with Gasteiger partial charge >= 0.3 is 5.97 Å². The number of aliphatic carboxylic acids is 1. The standard InChI is InChI=1S/C16H28N2O4S/c1-11-7-12(2)10-17(9-11)23(21,22)18-14-6-4-3-5-13(14)8-15(18)16(19)20/h11-15H,3-10H2,1-2H3,(H,19,20). The first-order valence-corrected chi connectivity index (χ1v) is 10.2. The van der Waals surface area contributed by atoms with Crippen LogP contribution in [0.2, 0.25) is 0 Å². The lowest BCUT2D eigenvalue weighted by atomic mass is 9.85. The van der Waals surface area contributed by atoms with Gasteiger partial charge in [0.2, 0.25) is 0 Å². The molecule has 5 atom stereocenters. The quantitative estimate of drug-likeness (QED) is 0.848. The third-order valence-corrected chi connectivity index (χ3v) is 7.75. The predicted octanol–water partition coefficient (Wildman–Crippen LogP) is 1.93. The van der Waals surface area contributed by atoms with Gasteiger partial charge in [-0.2, -0.15) is 17.0 Å². The maximum Gasteiger partial charge on any atom is 0.322 e. The molecule has 3 fully saturated rings. The van der Waals surface area contributed by atoms with Crippen LogP contribution in [0.3, 0.4) is 0 Å². The van der Waals surface area contributed by atoms with Gasteiger partial charge in [0.1, 0.15) is 6.04 Å². The smallest absolute Gasteiger partial charge is 0.322 e. The Kier molecular flexibility index (Phi) is 4.73. The highest BCUT2D eigenvalue weighted by Crippen LogP contribution is 2.42. The van der Waals surface area contributed by atoms with Crippen LogP contribution in [0.15, 0.2) is 0 Å². The summed E-state index contributed by atoms with van der Waals surface area (Å²) in [5.41, 5.74) is 0. The number of piperidine rings is 1. The minimum atomic E-state index is -3.71. The van der Waals surface area contributed by atoms with E-state index in [2.05, 4.69) is 13.8 Å². The first-order chi connectivity index (χ1) is 10.8. The molecule has 0 aromatic carbocycles. The van der Waals surface area contributed by atoms with Crippen LogP contribution in [0, 0.1) is 17.8 Å². The Morgan fingerprint density at radius 1 is 1.04 bits per heavy atom. The Bertz CT molecular complexity index is 554. The highest BCUT2D eigenvalue weighted by molar-refractivity contribution is 7.86. The fourth-order valence-electron chi connectivity index (χ4n) is 4.89. The van der Waals surface area contributed by atoms with Crippen molar-refractivity contribution >= 4 is 16.2 Å². The fourth-order valence-corrected chi connectivity index (χ4v) is 7.16. The Labute approximate surface area is 139 Å². The van der Waals surface area contributed by atoms with Gasteiger partial charge in [0.05, 0.1) is 0 Å². The monoisotopic (exact) mass is 344 g/mol. The topological polar surface area (TPSA) is 77.9 Å². The minimum absolute atomic E-state index is 0.123. The minimum Gasteiger partial charge on any atom is -0.480 e. The molecule has 7 heteroatoms. The van der Waals surface area contributed by atoms with E-state index in [-0.39, 0.29) is 12.0 Å². The van der Waals surface area contributed by atoms with Gasteiger partial charge in [-0.15, -0.1) is 0 Å². The molecule has 0 aromatic heterocycles. The number of hydrogen-bond acceptors (Lipinski definition) is 3. The molecule has 0 radical (unpaired) electrons. The Morgan fingerprint density at radius 2 is 1.65 bits per heavy atom. The highest BCUT2D eigenvalue weighted by Gasteiger charge is 2.52. The zero-order valence-corrected chi connectivity index (χ0v) is 14.8. The normalized spacial score (nSPS) is 40.0. The first-order valence-electron chi connectivity index (χ1n) is 8.82. The number of carbonyl (C=O) groups is 1. The van der Waals surface area contributed by atoms with Crippen molar-refractivity contribution in [2.24, 2.45) is 17.8 Å². The molecule has 1 saturated carbocycles. The summed E-state index contributed by atoms with van der Waals surface area (Å²) in [4.78, 5) is 11.7. The van der Waals surface area contributed by atoms with E-state index in [1.165, 1.54) is 4.31 Å². The number of nitrogens with zero attached hydrogens (tertiary/aromatic N) is 2. The maximum absolute atomic E-state index is 13.2. The van der Waals surface area contributed by atoms with Crippen LogP contribution < -0.4 is 0 Å². The lowest BCUT2D eigenvalue weighted by molar-refractivity contribution is -0.141. The summed E-state index contributed by atoms with van der Waals surface area (Å²) in [6.45, 7) is 5.15. The van der Waals surface area contributed by atoms with Crippen LogP contribution in [-0.4, -0.2) is 53.3 Å². The van der Waals surface area contributed by atoms with Crippen molar-refractivity contribution in [3.8, 4) is 0 Å². The van der Waals surface area contributed by atoms with Crippen molar-refractivity contribution in [1.29, 1.82) is 0 Å². The van der Waals surface area contributed by atoms with E-state index >= 15 is 0 Å². The van der Waals surface area contributed by atoms with Crippen LogP contribution in [0.1, 0.15) is 52.4 Å². The molecule has 3 aliphatic rings. The summed E-state index contributed by atoms with van der Waals surface area (Å²) in [5, 5.41) is 9.57. The molecule has 2 saturated heterocycles. The summed E-state index contributed by atoms with van der Waals surface area (Å²) < 4.78 is 29.4. The van der Waals surface area contributed by atoms with Crippen molar-refractivity contribution in [2.45, 2.75) is 64.5 Å². The molecule has 1 N–H and O–H groups in total. The molecule has 0 aromatic rings. The molecule has 6 nitrogen and oxygen atoms in total. The largest absolute Gasteiger partial charge is 0.480 e. The molecule has 5 unspecified atom stereocenters. The number of carboxylic acids is 1. The van der Waals surface area contributed by atoms with Crippen LogP contribution in [0.4, 0.5) is 0 Å². The second-order valence-electron chi connectivity index (χ2n) is 7.80. The summed E-state index contributed by atoms with van der Waals surface area (Å²) in [6, 6.07) is -1.01. The Hall–Kier alpha value is -0.660. The van der Waals surface area contributed by atoms with Gasteiger partial charge in [0.25, 0.3) is 10.2 Å². The van der Waals surface area contributed by atoms with Crippen LogP contribution in [0.5, 0.6) is 0 Å². The van der Waals surface area contributed by atoms with Crippen LogP contribution in [-0.2, 0) is 15.0 Å². The van der Waals surface area contributed by atoms with Crippen molar-refractivity contribution < 1.29 is 18.3 Å². The third-order valence-electron chi connectivity index (χ3n) is 5.74. The number of rotatable bonds is 3. The van der Waals surface area contributed by atoms with Gasteiger partial charge < -0.3 is 5.11 Å². The molecule has 23 heavy (non-hydrogen) atoms. The van der Waals surface area contributed by atoms with E-state index in [4.69, 9.17) is 0 Å². The molecule has 2 heterocycles. The fraction of sp³-hybridized carbons (Fsp3) is 0.938. The summed E-state index contributed by atoms with van der Waals surface area (Å²) >= 11 is 0. The van der Waals surface area contributed by atoms with Crippen molar-refractivity contribution in [3.63, 3.8) is 0 Å². The van der Waals surface area contributed by atoms with E-state index in [1.807, 2.05) is 0 Å². The van der Waals surface area contributed by atoms with Gasteiger partial charge in [-0.05, 0) is 43.4 Å². The van der Waals surface area contributed by atoms with E-state index < -0.39 is 22.2 Å². The van der Waals surface area contributed by atoms with Crippen LogP contribution >= 0.6 is 0 Å². The number of carboxylic acid groups (broad SMARTS) is 1. The highest BCUT2D eigenvalue weighted by atomic mass is 32.2.